The molecule has 3 N–H and O–H groups in total. The first kappa shape index (κ1) is 14.6. The minimum absolute atomic E-state index is 0.153. The van der Waals surface area contributed by atoms with Crippen LogP contribution in [0.15, 0.2) is 28.8 Å². The van der Waals surface area contributed by atoms with Crippen LogP contribution in [0.2, 0.25) is 0 Å². The fourth-order valence-corrected chi connectivity index (χ4v) is 1.84. The van der Waals surface area contributed by atoms with Crippen LogP contribution >= 0.6 is 0 Å². The zero-order valence-electron chi connectivity index (χ0n) is 11.6. The Hall–Kier alpha value is -2.83. The molecule has 2 rings (SSSR count). The average Bonchev–Trinajstić information content (AvgIpc) is 2.84. The first-order valence-electron chi connectivity index (χ1n) is 6.27. The summed E-state index contributed by atoms with van der Waals surface area (Å²) in [5.74, 6) is -0.369. The molecule has 0 atom stereocenters. The molecule has 0 aliphatic rings. The predicted octanol–water partition coefficient (Wildman–Crippen LogP) is 2.31. The maximum Gasteiger partial charge on any atom is 0.336 e. The van der Waals surface area contributed by atoms with E-state index in [0.717, 1.165) is 0 Å². The second-order valence-electron chi connectivity index (χ2n) is 4.52. The maximum absolute atomic E-state index is 11.8. The number of carbonyl (C=O) groups excluding carboxylic acids is 1. The van der Waals surface area contributed by atoms with E-state index in [1.54, 1.807) is 32.0 Å². The molecule has 0 saturated heterocycles. The molecule has 0 unspecified atom stereocenters. The molecular formula is C14H15N3O4. The number of carboxylic acids is 1. The Labute approximate surface area is 120 Å². The van der Waals surface area contributed by atoms with Gasteiger partial charge in [-0.25, -0.2) is 9.59 Å². The number of rotatable bonds is 4. The lowest BCUT2D eigenvalue weighted by atomic mass is 10.1. The summed E-state index contributed by atoms with van der Waals surface area (Å²) >= 11 is 0. The highest BCUT2D eigenvalue weighted by molar-refractivity contribution is 5.95. The van der Waals surface area contributed by atoms with E-state index in [2.05, 4.69) is 15.8 Å². The minimum atomic E-state index is -1.03. The summed E-state index contributed by atoms with van der Waals surface area (Å²) in [6, 6.07) is 5.98. The number of aromatic nitrogens is 1. The Morgan fingerprint density at radius 3 is 2.71 bits per heavy atom. The lowest BCUT2D eigenvalue weighted by Crippen LogP contribution is -2.28. The molecular weight excluding hydrogens is 274 g/mol. The van der Waals surface area contributed by atoms with E-state index in [4.69, 9.17) is 9.63 Å². The highest BCUT2D eigenvalue weighted by Crippen LogP contribution is 2.18. The van der Waals surface area contributed by atoms with Crippen molar-refractivity contribution in [2.75, 3.05) is 5.32 Å². The summed E-state index contributed by atoms with van der Waals surface area (Å²) < 4.78 is 4.89. The summed E-state index contributed by atoms with van der Waals surface area (Å²) in [5, 5.41) is 18.0. The summed E-state index contributed by atoms with van der Waals surface area (Å²) in [6.45, 7) is 3.62. The number of hydrogen-bond donors (Lipinski definition) is 3. The second kappa shape index (κ2) is 6.08. The predicted molar refractivity (Wildman–Crippen MR) is 75.2 cm³/mol. The van der Waals surface area contributed by atoms with E-state index < -0.39 is 12.0 Å². The lowest BCUT2D eigenvalue weighted by molar-refractivity contribution is 0.0696. The number of carbonyl (C=O) groups is 2. The number of hydrogen-bond acceptors (Lipinski definition) is 4. The van der Waals surface area contributed by atoms with E-state index >= 15 is 0 Å². The zero-order valence-corrected chi connectivity index (χ0v) is 11.6. The van der Waals surface area contributed by atoms with E-state index in [9.17, 15) is 9.59 Å². The van der Waals surface area contributed by atoms with Crippen LogP contribution in [0.25, 0.3) is 0 Å². The molecule has 0 aliphatic carbocycles. The minimum Gasteiger partial charge on any atom is -0.478 e. The van der Waals surface area contributed by atoms with E-state index in [1.165, 1.54) is 6.07 Å². The van der Waals surface area contributed by atoms with Gasteiger partial charge >= 0.3 is 12.0 Å². The molecule has 0 bridgehead atoms. The van der Waals surface area contributed by atoms with Crippen molar-refractivity contribution in [2.45, 2.75) is 20.4 Å². The van der Waals surface area contributed by atoms with Crippen LogP contribution in [0.1, 0.15) is 27.4 Å². The Kier molecular flexibility index (Phi) is 4.22. The summed E-state index contributed by atoms with van der Waals surface area (Å²) in [5.41, 5.74) is 1.71. The van der Waals surface area contributed by atoms with Crippen LogP contribution in [0, 0.1) is 13.8 Å². The Bertz CT molecular complexity index is 679. The van der Waals surface area contributed by atoms with Gasteiger partial charge in [-0.1, -0.05) is 11.2 Å². The van der Waals surface area contributed by atoms with Gasteiger partial charge in [0, 0.05) is 11.8 Å². The van der Waals surface area contributed by atoms with Gasteiger partial charge in [-0.15, -0.1) is 0 Å². The molecule has 110 valence electrons. The Balaban J connectivity index is 1.99. The third-order valence-corrected chi connectivity index (χ3v) is 2.92. The standard InChI is InChI=1S/C14H15N3O4/c1-8-6-10(17-21-8)7-15-14(20)16-12-5-3-4-11(9(12)2)13(18)19/h3-6H,7H2,1-2H3,(H,18,19)(H2,15,16,20). The van der Waals surface area contributed by atoms with Gasteiger partial charge in [-0.2, -0.15) is 0 Å². The van der Waals surface area contributed by atoms with Gasteiger partial charge in [0.25, 0.3) is 0 Å². The number of nitrogens with zero attached hydrogens (tertiary/aromatic N) is 1. The van der Waals surface area contributed by atoms with Crippen molar-refractivity contribution in [2.24, 2.45) is 0 Å². The Morgan fingerprint density at radius 2 is 2.10 bits per heavy atom. The number of aryl methyl sites for hydroxylation is 1. The van der Waals surface area contributed by atoms with Gasteiger partial charge in [-0.05, 0) is 31.5 Å². The normalized spacial score (nSPS) is 10.2. The van der Waals surface area contributed by atoms with E-state index in [0.29, 0.717) is 22.7 Å². The maximum atomic E-state index is 11.8. The van der Waals surface area contributed by atoms with Crippen molar-refractivity contribution in [1.29, 1.82) is 0 Å². The van der Waals surface area contributed by atoms with Crippen molar-refractivity contribution < 1.29 is 19.2 Å². The number of aromatic carboxylic acids is 1. The third kappa shape index (κ3) is 3.59. The van der Waals surface area contributed by atoms with Gasteiger partial charge in [0.05, 0.1) is 12.1 Å². The molecule has 0 fully saturated rings. The van der Waals surface area contributed by atoms with Gasteiger partial charge < -0.3 is 20.3 Å². The molecule has 0 aliphatic heterocycles. The van der Waals surface area contributed by atoms with Crippen LogP contribution < -0.4 is 10.6 Å². The molecule has 0 saturated carbocycles. The molecule has 0 radical (unpaired) electrons. The average molecular weight is 289 g/mol. The third-order valence-electron chi connectivity index (χ3n) is 2.92. The Morgan fingerprint density at radius 1 is 1.33 bits per heavy atom. The quantitative estimate of drug-likeness (QED) is 0.801. The molecule has 2 aromatic rings. The number of urea groups is 1. The molecule has 7 nitrogen and oxygen atoms in total. The molecule has 0 spiro atoms. The van der Waals surface area contributed by atoms with Crippen LogP contribution in [-0.4, -0.2) is 22.3 Å². The monoisotopic (exact) mass is 289 g/mol. The van der Waals surface area contributed by atoms with Crippen LogP contribution in [0.5, 0.6) is 0 Å². The topological polar surface area (TPSA) is 104 Å². The van der Waals surface area contributed by atoms with Gasteiger partial charge in [0.15, 0.2) is 0 Å². The number of carboxylic acid groups (broad SMARTS) is 1. The first-order valence-corrected chi connectivity index (χ1v) is 6.27. The highest BCUT2D eigenvalue weighted by Gasteiger charge is 2.12. The number of amides is 2. The fourth-order valence-electron chi connectivity index (χ4n) is 1.84. The second-order valence-corrected chi connectivity index (χ2v) is 4.52. The highest BCUT2D eigenvalue weighted by atomic mass is 16.5. The van der Waals surface area contributed by atoms with Crippen LogP contribution in [-0.2, 0) is 6.54 Å². The summed E-state index contributed by atoms with van der Waals surface area (Å²) in [7, 11) is 0. The number of nitrogens with one attached hydrogen (secondary N) is 2. The molecule has 1 aromatic carbocycles. The zero-order chi connectivity index (χ0) is 15.4. The number of anilines is 1. The summed E-state index contributed by atoms with van der Waals surface area (Å²) in [4.78, 5) is 22.8. The van der Waals surface area contributed by atoms with Crippen LogP contribution in [0.3, 0.4) is 0 Å². The fraction of sp³-hybridized carbons (Fsp3) is 0.214. The largest absolute Gasteiger partial charge is 0.478 e. The van der Waals surface area contributed by atoms with E-state index in [1.807, 2.05) is 0 Å². The van der Waals surface area contributed by atoms with Crippen molar-refractivity contribution in [3.05, 3.63) is 46.8 Å². The van der Waals surface area contributed by atoms with Crippen molar-refractivity contribution in [3.63, 3.8) is 0 Å². The van der Waals surface area contributed by atoms with Crippen molar-refractivity contribution in [3.8, 4) is 0 Å². The smallest absolute Gasteiger partial charge is 0.336 e. The lowest BCUT2D eigenvalue weighted by Gasteiger charge is -2.10. The molecule has 1 aromatic heterocycles. The van der Waals surface area contributed by atoms with Gasteiger partial charge in [0.2, 0.25) is 0 Å². The van der Waals surface area contributed by atoms with Gasteiger partial charge in [0.1, 0.15) is 11.5 Å². The summed E-state index contributed by atoms with van der Waals surface area (Å²) in [6.07, 6.45) is 0. The molecule has 7 heteroatoms. The SMILES string of the molecule is Cc1cc(CNC(=O)Nc2cccc(C(=O)O)c2C)no1. The van der Waals surface area contributed by atoms with Crippen LogP contribution in [0.4, 0.5) is 10.5 Å². The van der Waals surface area contributed by atoms with Crippen molar-refractivity contribution in [1.82, 2.24) is 10.5 Å². The molecule has 2 amide bonds. The van der Waals surface area contributed by atoms with Crippen molar-refractivity contribution >= 4 is 17.7 Å². The molecule has 21 heavy (non-hydrogen) atoms. The first-order chi connectivity index (χ1) is 9.97. The van der Waals surface area contributed by atoms with E-state index in [-0.39, 0.29) is 12.1 Å². The number of benzene rings is 1. The molecule has 1 heterocycles. The van der Waals surface area contributed by atoms with Gasteiger partial charge in [-0.3, -0.25) is 0 Å².